The molecule has 2 aliphatic heterocycles. The highest BCUT2D eigenvalue weighted by molar-refractivity contribution is 6.01. The highest BCUT2D eigenvalue weighted by Gasteiger charge is 2.25. The van der Waals surface area contributed by atoms with Crippen LogP contribution < -0.4 is 25.4 Å². The second-order valence-electron chi connectivity index (χ2n) is 7.74. The summed E-state index contributed by atoms with van der Waals surface area (Å²) in [4.78, 5) is 38.5. The Labute approximate surface area is 181 Å². The molecule has 2 fully saturated rings. The number of hydrogen-bond donors (Lipinski definition) is 2. The van der Waals surface area contributed by atoms with Gasteiger partial charge in [-0.3, -0.25) is 19.8 Å². The van der Waals surface area contributed by atoms with E-state index < -0.39 is 0 Å². The normalized spacial score (nSPS) is 17.3. The summed E-state index contributed by atoms with van der Waals surface area (Å²) in [7, 11) is 1.65. The van der Waals surface area contributed by atoms with E-state index in [9.17, 15) is 14.4 Å². The minimum Gasteiger partial charge on any atom is -0.497 e. The van der Waals surface area contributed by atoms with E-state index in [-0.39, 0.29) is 36.6 Å². The van der Waals surface area contributed by atoms with Gasteiger partial charge < -0.3 is 15.0 Å². The van der Waals surface area contributed by atoms with Crippen molar-refractivity contribution in [2.24, 2.45) is 0 Å². The van der Waals surface area contributed by atoms with Crippen molar-refractivity contribution in [1.82, 2.24) is 10.7 Å². The van der Waals surface area contributed by atoms with Crippen LogP contribution in [0.2, 0.25) is 0 Å². The van der Waals surface area contributed by atoms with E-state index in [1.165, 1.54) is 5.01 Å². The Bertz CT molecular complexity index is 951. The number of nitrogens with zero attached hydrogens (tertiary/aromatic N) is 2. The van der Waals surface area contributed by atoms with Gasteiger partial charge in [0.25, 0.3) is 5.91 Å². The number of amides is 3. The number of carbonyl (C=O) groups excluding carboxylic acids is 3. The van der Waals surface area contributed by atoms with Gasteiger partial charge >= 0.3 is 0 Å². The van der Waals surface area contributed by atoms with Gasteiger partial charge in [0.05, 0.1) is 12.8 Å². The SMILES string of the molecule is COc1ccc(N2CCC(NC(=O)c3ccc(N4NC(=O)CCC4=O)cc3)CC2)cc1. The fraction of sp³-hybridized carbons (Fsp3) is 0.348. The monoisotopic (exact) mass is 422 g/mol. The third kappa shape index (κ3) is 4.79. The van der Waals surface area contributed by atoms with Crippen LogP contribution in [-0.2, 0) is 9.59 Å². The number of benzene rings is 2. The van der Waals surface area contributed by atoms with Gasteiger partial charge in [-0.05, 0) is 61.4 Å². The summed E-state index contributed by atoms with van der Waals surface area (Å²) in [6.07, 6.45) is 2.12. The maximum atomic E-state index is 12.7. The van der Waals surface area contributed by atoms with E-state index in [0.717, 1.165) is 37.4 Å². The number of methoxy groups -OCH3 is 1. The van der Waals surface area contributed by atoms with Crippen molar-refractivity contribution in [2.75, 3.05) is 30.1 Å². The van der Waals surface area contributed by atoms with Crippen molar-refractivity contribution in [3.05, 3.63) is 54.1 Å². The molecule has 2 heterocycles. The molecule has 2 N–H and O–H groups in total. The molecule has 8 heteroatoms. The molecule has 2 aliphatic rings. The van der Waals surface area contributed by atoms with Crippen LogP contribution in [0.25, 0.3) is 0 Å². The number of hydrazine groups is 1. The molecule has 0 aliphatic carbocycles. The van der Waals surface area contributed by atoms with E-state index >= 15 is 0 Å². The molecule has 0 aromatic heterocycles. The molecule has 0 bridgehead atoms. The van der Waals surface area contributed by atoms with Crippen LogP contribution in [0.4, 0.5) is 11.4 Å². The summed E-state index contributed by atoms with van der Waals surface area (Å²) in [5.41, 5.74) is 4.78. The summed E-state index contributed by atoms with van der Waals surface area (Å²) in [5, 5.41) is 4.34. The Morgan fingerprint density at radius 3 is 2.26 bits per heavy atom. The third-order valence-electron chi connectivity index (χ3n) is 5.71. The number of rotatable bonds is 5. The fourth-order valence-electron chi connectivity index (χ4n) is 3.89. The van der Waals surface area contributed by atoms with Crippen molar-refractivity contribution in [2.45, 2.75) is 31.7 Å². The van der Waals surface area contributed by atoms with Crippen LogP contribution in [0.15, 0.2) is 48.5 Å². The van der Waals surface area contributed by atoms with E-state index in [4.69, 9.17) is 4.74 Å². The molecular formula is C23H26N4O4. The van der Waals surface area contributed by atoms with E-state index in [0.29, 0.717) is 11.3 Å². The van der Waals surface area contributed by atoms with Crippen LogP contribution >= 0.6 is 0 Å². The first kappa shape index (κ1) is 20.7. The molecule has 0 radical (unpaired) electrons. The number of hydrogen-bond acceptors (Lipinski definition) is 5. The molecule has 0 atom stereocenters. The molecule has 162 valence electrons. The van der Waals surface area contributed by atoms with E-state index in [1.54, 1.807) is 31.4 Å². The molecule has 2 saturated heterocycles. The van der Waals surface area contributed by atoms with Gasteiger partial charge in [0.1, 0.15) is 5.75 Å². The summed E-state index contributed by atoms with van der Waals surface area (Å²) < 4.78 is 5.21. The van der Waals surface area contributed by atoms with Crippen LogP contribution in [0.1, 0.15) is 36.0 Å². The average molecular weight is 422 g/mol. The summed E-state index contributed by atoms with van der Waals surface area (Å²) >= 11 is 0. The van der Waals surface area contributed by atoms with Crippen molar-refractivity contribution in [3.8, 4) is 5.75 Å². The number of ether oxygens (including phenoxy) is 1. The fourth-order valence-corrected chi connectivity index (χ4v) is 3.89. The molecular weight excluding hydrogens is 396 g/mol. The maximum absolute atomic E-state index is 12.7. The van der Waals surface area contributed by atoms with E-state index in [1.807, 2.05) is 12.1 Å². The minimum atomic E-state index is -0.192. The Morgan fingerprint density at radius 2 is 1.61 bits per heavy atom. The number of piperidine rings is 1. The minimum absolute atomic E-state index is 0.115. The van der Waals surface area contributed by atoms with Gasteiger partial charge in [0.15, 0.2) is 0 Å². The van der Waals surface area contributed by atoms with Crippen molar-refractivity contribution in [3.63, 3.8) is 0 Å². The average Bonchev–Trinajstić information content (AvgIpc) is 2.81. The van der Waals surface area contributed by atoms with Crippen molar-refractivity contribution >= 4 is 29.1 Å². The van der Waals surface area contributed by atoms with Gasteiger partial charge in [-0.15, -0.1) is 0 Å². The van der Waals surface area contributed by atoms with Gasteiger partial charge in [0.2, 0.25) is 11.8 Å². The summed E-state index contributed by atoms with van der Waals surface area (Å²) in [6, 6.07) is 14.8. The predicted octanol–water partition coefficient (Wildman–Crippen LogP) is 2.25. The number of nitrogens with one attached hydrogen (secondary N) is 2. The third-order valence-corrected chi connectivity index (χ3v) is 5.71. The quantitative estimate of drug-likeness (QED) is 0.771. The second kappa shape index (κ2) is 9.07. The van der Waals surface area contributed by atoms with Gasteiger partial charge in [0, 0.05) is 43.2 Å². The largest absolute Gasteiger partial charge is 0.497 e. The molecule has 4 rings (SSSR count). The Balaban J connectivity index is 1.30. The van der Waals surface area contributed by atoms with Gasteiger partial charge in [-0.1, -0.05) is 0 Å². The molecule has 2 aromatic carbocycles. The van der Waals surface area contributed by atoms with Crippen molar-refractivity contribution < 1.29 is 19.1 Å². The number of anilines is 2. The zero-order chi connectivity index (χ0) is 21.8. The second-order valence-corrected chi connectivity index (χ2v) is 7.74. The Kier molecular flexibility index (Phi) is 6.06. The van der Waals surface area contributed by atoms with Crippen LogP contribution in [-0.4, -0.2) is 44.0 Å². The highest BCUT2D eigenvalue weighted by Crippen LogP contribution is 2.23. The standard InChI is InChI=1S/C23H26N4O4/c1-31-20-8-6-18(7-9-20)26-14-12-17(13-15-26)24-23(30)16-2-4-19(5-3-16)27-22(29)11-10-21(28)25-27/h2-9,17H,10-15H2,1H3,(H,24,30)(H,25,28). The zero-order valence-corrected chi connectivity index (χ0v) is 17.5. The van der Waals surface area contributed by atoms with E-state index in [2.05, 4.69) is 27.8 Å². The molecule has 8 nitrogen and oxygen atoms in total. The molecule has 31 heavy (non-hydrogen) atoms. The molecule has 2 aromatic rings. The van der Waals surface area contributed by atoms with Crippen LogP contribution in [0.3, 0.4) is 0 Å². The highest BCUT2D eigenvalue weighted by atomic mass is 16.5. The molecule has 0 saturated carbocycles. The van der Waals surface area contributed by atoms with Gasteiger partial charge in [-0.25, -0.2) is 5.01 Å². The lowest BCUT2D eigenvalue weighted by Gasteiger charge is -2.34. The van der Waals surface area contributed by atoms with Gasteiger partial charge in [-0.2, -0.15) is 0 Å². The Hall–Kier alpha value is -3.55. The Morgan fingerprint density at radius 1 is 0.968 bits per heavy atom. The lowest BCUT2D eigenvalue weighted by Crippen LogP contribution is -2.50. The first-order valence-electron chi connectivity index (χ1n) is 10.5. The molecule has 0 unspecified atom stereocenters. The predicted molar refractivity (Wildman–Crippen MR) is 117 cm³/mol. The smallest absolute Gasteiger partial charge is 0.251 e. The molecule has 0 spiro atoms. The first-order valence-corrected chi connectivity index (χ1v) is 10.5. The lowest BCUT2D eigenvalue weighted by atomic mass is 10.0. The van der Waals surface area contributed by atoms with Crippen LogP contribution in [0.5, 0.6) is 5.75 Å². The molecule has 3 amide bonds. The summed E-state index contributed by atoms with van der Waals surface area (Å²) in [5.74, 6) is 0.343. The zero-order valence-electron chi connectivity index (χ0n) is 17.5. The number of carbonyl (C=O) groups is 3. The first-order chi connectivity index (χ1) is 15.0. The topological polar surface area (TPSA) is 91.0 Å². The van der Waals surface area contributed by atoms with Crippen molar-refractivity contribution in [1.29, 1.82) is 0 Å². The summed E-state index contributed by atoms with van der Waals surface area (Å²) in [6.45, 7) is 1.74. The van der Waals surface area contributed by atoms with Crippen LogP contribution in [0, 0.1) is 0 Å². The lowest BCUT2D eigenvalue weighted by molar-refractivity contribution is -0.130. The maximum Gasteiger partial charge on any atom is 0.251 e.